The molecule has 2 N–H and O–H groups in total. The molecule has 0 radical (unpaired) electrons. The lowest BCUT2D eigenvalue weighted by atomic mass is 10.1. The number of rotatable bonds is 9. The van der Waals surface area contributed by atoms with Crippen molar-refractivity contribution in [1.82, 2.24) is 4.98 Å². The molecule has 178 valence electrons. The number of nitrogens with zero attached hydrogens (tertiary/aromatic N) is 2. The van der Waals surface area contributed by atoms with E-state index in [1.807, 2.05) is 18.9 Å². The highest BCUT2D eigenvalue weighted by Gasteiger charge is 2.31. The Bertz CT molecular complexity index is 1120. The molecule has 2 aromatic carbocycles. The maximum absolute atomic E-state index is 13.2. The van der Waals surface area contributed by atoms with E-state index in [0.717, 1.165) is 42.8 Å². The van der Waals surface area contributed by atoms with Gasteiger partial charge in [0, 0.05) is 25.7 Å². The monoisotopic (exact) mass is 463 g/mol. The van der Waals surface area contributed by atoms with E-state index in [0.29, 0.717) is 34.8 Å². The van der Waals surface area contributed by atoms with Crippen molar-refractivity contribution < 1.29 is 27.4 Å². The summed E-state index contributed by atoms with van der Waals surface area (Å²) in [6.45, 7) is 3.21. The second-order valence-corrected chi connectivity index (χ2v) is 7.68. The number of halogens is 3. The molecule has 0 atom stereocenters. The quantitative estimate of drug-likeness (QED) is 0.420. The standard InChI is InChI=1S/C24H28F3N3O3/c1-15-12-20(32-4)29-22-18(30(2)11-6-5-10-28)14-19(31-3)23(21(15)22)33-17-9-7-8-16(13-17)24(25,26)27/h7-9,12-14H,5-6,10-11,28H2,1-4H3. The molecule has 0 aliphatic carbocycles. The second-order valence-electron chi connectivity index (χ2n) is 7.68. The van der Waals surface area contributed by atoms with Crippen LogP contribution in [0.5, 0.6) is 23.1 Å². The van der Waals surface area contributed by atoms with Crippen LogP contribution in [0.25, 0.3) is 10.9 Å². The maximum atomic E-state index is 13.2. The number of fused-ring (bicyclic) bond motifs is 1. The average molecular weight is 464 g/mol. The van der Waals surface area contributed by atoms with Gasteiger partial charge < -0.3 is 24.8 Å². The van der Waals surface area contributed by atoms with Crippen LogP contribution >= 0.6 is 0 Å². The smallest absolute Gasteiger partial charge is 0.416 e. The van der Waals surface area contributed by atoms with E-state index < -0.39 is 11.7 Å². The fraction of sp³-hybridized carbons (Fsp3) is 0.375. The fourth-order valence-electron chi connectivity index (χ4n) is 3.61. The molecular weight excluding hydrogens is 435 g/mol. The highest BCUT2D eigenvalue weighted by Crippen LogP contribution is 2.45. The number of anilines is 1. The largest absolute Gasteiger partial charge is 0.493 e. The number of aromatic nitrogens is 1. The summed E-state index contributed by atoms with van der Waals surface area (Å²) in [6, 6.07) is 8.27. The predicted molar refractivity (Wildman–Crippen MR) is 123 cm³/mol. The van der Waals surface area contributed by atoms with Crippen molar-refractivity contribution in [2.75, 3.05) is 39.3 Å². The summed E-state index contributed by atoms with van der Waals surface area (Å²) >= 11 is 0. The van der Waals surface area contributed by atoms with Crippen molar-refractivity contribution in [3.63, 3.8) is 0 Å². The van der Waals surface area contributed by atoms with Crippen LogP contribution in [0.3, 0.4) is 0 Å². The minimum Gasteiger partial charge on any atom is -0.493 e. The Labute approximate surface area is 191 Å². The van der Waals surface area contributed by atoms with Gasteiger partial charge in [-0.2, -0.15) is 13.2 Å². The Hall–Kier alpha value is -3.20. The molecule has 0 saturated heterocycles. The summed E-state index contributed by atoms with van der Waals surface area (Å²) in [6.07, 6.45) is -2.71. The van der Waals surface area contributed by atoms with Crippen LogP contribution in [0, 0.1) is 6.92 Å². The Morgan fingerprint density at radius 3 is 2.45 bits per heavy atom. The Kier molecular flexibility index (Phi) is 7.53. The van der Waals surface area contributed by atoms with Crippen molar-refractivity contribution in [3.05, 3.63) is 47.5 Å². The molecule has 0 fully saturated rings. The van der Waals surface area contributed by atoms with E-state index in [9.17, 15) is 13.2 Å². The molecule has 0 aliphatic rings. The molecule has 0 amide bonds. The first-order valence-electron chi connectivity index (χ1n) is 10.5. The third-order valence-electron chi connectivity index (χ3n) is 5.32. The summed E-state index contributed by atoms with van der Waals surface area (Å²) in [5.74, 6) is 1.14. The molecule has 0 bridgehead atoms. The van der Waals surface area contributed by atoms with Crippen LogP contribution in [0.15, 0.2) is 36.4 Å². The van der Waals surface area contributed by atoms with Gasteiger partial charge >= 0.3 is 6.18 Å². The molecule has 3 aromatic rings. The van der Waals surface area contributed by atoms with Crippen LogP contribution in [0.4, 0.5) is 18.9 Å². The summed E-state index contributed by atoms with van der Waals surface area (Å²) in [5, 5.41) is 0.633. The third kappa shape index (κ3) is 5.42. The Balaban J connectivity index is 2.18. The van der Waals surface area contributed by atoms with E-state index in [4.69, 9.17) is 19.9 Å². The second kappa shape index (κ2) is 10.2. The van der Waals surface area contributed by atoms with Crippen LogP contribution < -0.4 is 24.8 Å². The van der Waals surface area contributed by atoms with Gasteiger partial charge in [-0.15, -0.1) is 0 Å². The number of ether oxygens (including phenoxy) is 3. The maximum Gasteiger partial charge on any atom is 0.416 e. The van der Waals surface area contributed by atoms with Crippen LogP contribution in [-0.2, 0) is 6.18 Å². The lowest BCUT2D eigenvalue weighted by Gasteiger charge is -2.24. The summed E-state index contributed by atoms with van der Waals surface area (Å²) in [5.41, 5.74) is 7.01. The van der Waals surface area contributed by atoms with E-state index in [1.165, 1.54) is 26.4 Å². The van der Waals surface area contributed by atoms with Gasteiger partial charge in [0.2, 0.25) is 5.88 Å². The van der Waals surface area contributed by atoms with E-state index in [1.54, 1.807) is 12.1 Å². The normalized spacial score (nSPS) is 11.5. The average Bonchev–Trinajstić information content (AvgIpc) is 2.78. The van der Waals surface area contributed by atoms with E-state index in [-0.39, 0.29) is 5.75 Å². The topological polar surface area (TPSA) is 69.8 Å². The predicted octanol–water partition coefficient (Wildman–Crippen LogP) is 5.55. The number of pyridine rings is 1. The zero-order valence-corrected chi connectivity index (χ0v) is 19.1. The molecule has 9 heteroatoms. The van der Waals surface area contributed by atoms with E-state index in [2.05, 4.69) is 4.98 Å². The molecular formula is C24H28F3N3O3. The first-order valence-corrected chi connectivity index (χ1v) is 10.5. The van der Waals surface area contributed by atoms with Gasteiger partial charge in [0.15, 0.2) is 11.5 Å². The molecule has 0 saturated carbocycles. The molecule has 0 aliphatic heterocycles. The Morgan fingerprint density at radius 2 is 1.82 bits per heavy atom. The van der Waals surface area contributed by atoms with Gasteiger partial charge in [-0.1, -0.05) is 6.07 Å². The van der Waals surface area contributed by atoms with Crippen molar-refractivity contribution in [2.45, 2.75) is 25.9 Å². The summed E-state index contributed by atoms with van der Waals surface area (Å²) in [4.78, 5) is 6.68. The lowest BCUT2D eigenvalue weighted by molar-refractivity contribution is -0.137. The SMILES string of the molecule is COc1cc(C)c2c(Oc3cccc(C(F)(F)F)c3)c(OC)cc(N(C)CCCCN)c2n1. The van der Waals surface area contributed by atoms with Gasteiger partial charge in [0.05, 0.1) is 30.9 Å². The van der Waals surface area contributed by atoms with Gasteiger partial charge in [-0.05, 0) is 50.1 Å². The minimum atomic E-state index is -4.48. The summed E-state index contributed by atoms with van der Waals surface area (Å²) < 4.78 is 56.6. The van der Waals surface area contributed by atoms with E-state index >= 15 is 0 Å². The number of unbranched alkanes of at least 4 members (excludes halogenated alkanes) is 1. The van der Waals surface area contributed by atoms with Crippen molar-refractivity contribution in [1.29, 1.82) is 0 Å². The third-order valence-corrected chi connectivity index (χ3v) is 5.32. The molecule has 6 nitrogen and oxygen atoms in total. The van der Waals surface area contributed by atoms with Gasteiger partial charge in [0.25, 0.3) is 0 Å². The zero-order valence-electron chi connectivity index (χ0n) is 19.1. The van der Waals surface area contributed by atoms with Crippen molar-refractivity contribution >= 4 is 16.6 Å². The highest BCUT2D eigenvalue weighted by molar-refractivity contribution is 6.00. The highest BCUT2D eigenvalue weighted by atomic mass is 19.4. The Morgan fingerprint density at radius 1 is 1.06 bits per heavy atom. The molecule has 1 heterocycles. The number of nitrogens with two attached hydrogens (primary N) is 1. The zero-order chi connectivity index (χ0) is 24.2. The molecule has 33 heavy (non-hydrogen) atoms. The first-order chi connectivity index (χ1) is 15.7. The number of alkyl halides is 3. The van der Waals surface area contributed by atoms with Gasteiger partial charge in [-0.3, -0.25) is 0 Å². The van der Waals surface area contributed by atoms with Crippen LogP contribution in [-0.4, -0.2) is 39.3 Å². The van der Waals surface area contributed by atoms with Gasteiger partial charge in [-0.25, -0.2) is 4.98 Å². The molecule has 0 unspecified atom stereocenters. The number of hydrogen-bond donors (Lipinski definition) is 1. The number of benzene rings is 2. The molecule has 3 rings (SSSR count). The molecule has 1 aromatic heterocycles. The number of aryl methyl sites for hydroxylation is 1. The summed E-state index contributed by atoms with van der Waals surface area (Å²) in [7, 11) is 4.96. The van der Waals surface area contributed by atoms with Crippen molar-refractivity contribution in [3.8, 4) is 23.1 Å². The van der Waals surface area contributed by atoms with Crippen molar-refractivity contribution in [2.24, 2.45) is 5.73 Å². The van der Waals surface area contributed by atoms with Crippen LogP contribution in [0.1, 0.15) is 24.0 Å². The first kappa shape index (κ1) is 24.4. The lowest BCUT2D eigenvalue weighted by Crippen LogP contribution is -2.20. The van der Waals surface area contributed by atoms with Crippen LogP contribution in [0.2, 0.25) is 0 Å². The number of hydrogen-bond acceptors (Lipinski definition) is 6. The minimum absolute atomic E-state index is 0.0451. The number of methoxy groups -OCH3 is 2. The fourth-order valence-corrected chi connectivity index (χ4v) is 3.61. The molecule has 0 spiro atoms. The van der Waals surface area contributed by atoms with Gasteiger partial charge in [0.1, 0.15) is 11.3 Å².